The molecule has 2 rings (SSSR count). The van der Waals surface area contributed by atoms with Crippen molar-refractivity contribution < 1.29 is 32.2 Å². The molecule has 0 bridgehead atoms. The minimum atomic E-state index is -1.09. The van der Waals surface area contributed by atoms with E-state index in [0.717, 1.165) is 12.1 Å². The van der Waals surface area contributed by atoms with Gasteiger partial charge >= 0.3 is 0 Å². The summed E-state index contributed by atoms with van der Waals surface area (Å²) in [4.78, 5) is 8.95. The van der Waals surface area contributed by atoms with Crippen LogP contribution >= 0.6 is 11.6 Å². The van der Waals surface area contributed by atoms with Crippen LogP contribution in [0, 0.1) is 17.5 Å². The van der Waals surface area contributed by atoms with E-state index < -0.39 is 17.5 Å². The van der Waals surface area contributed by atoms with E-state index in [2.05, 4.69) is 4.74 Å². The summed E-state index contributed by atoms with van der Waals surface area (Å²) >= 11 is 5.72. The van der Waals surface area contributed by atoms with Gasteiger partial charge in [-0.25, -0.2) is 13.2 Å². The molecule has 4 nitrogen and oxygen atoms in total. The quantitative estimate of drug-likeness (QED) is 0.592. The summed E-state index contributed by atoms with van der Waals surface area (Å²) in [6.45, 7) is 0.153. The molecule has 0 saturated heterocycles. The van der Waals surface area contributed by atoms with E-state index in [9.17, 15) is 13.2 Å². The first-order valence-corrected chi connectivity index (χ1v) is 6.87. The average Bonchev–Trinajstić information content (AvgIpc) is 2.57. The molecule has 0 saturated carbocycles. The molecule has 0 aliphatic heterocycles. The molecule has 0 spiro atoms. The van der Waals surface area contributed by atoms with E-state index in [0.29, 0.717) is 12.2 Å². The molecule has 0 radical (unpaired) electrons. The molecule has 24 heavy (non-hydrogen) atoms. The second-order valence-corrected chi connectivity index (χ2v) is 4.65. The second kappa shape index (κ2) is 9.67. The summed E-state index contributed by atoms with van der Waals surface area (Å²) in [5.74, 6) is -2.47. The maximum atomic E-state index is 13.7. The number of halogens is 4. The highest BCUT2D eigenvalue weighted by molar-refractivity contribution is 6.32. The number of hydrogen-bond donors (Lipinski definition) is 0. The van der Waals surface area contributed by atoms with E-state index in [-0.39, 0.29) is 22.9 Å². The Bertz CT molecular complexity index is 695. The molecule has 0 aliphatic rings. The summed E-state index contributed by atoms with van der Waals surface area (Å²) in [7, 11) is 2.70. The highest BCUT2D eigenvalue weighted by Gasteiger charge is 2.13. The van der Waals surface area contributed by atoms with E-state index in [1.54, 1.807) is 6.07 Å². The van der Waals surface area contributed by atoms with Gasteiger partial charge in [-0.15, -0.1) is 0 Å². The van der Waals surface area contributed by atoms with E-state index in [1.807, 2.05) is 0 Å². The van der Waals surface area contributed by atoms with Crippen LogP contribution in [0.1, 0.15) is 5.56 Å². The number of carbonyl (C=O) groups excluding carboxylic acids is 1. The molecule has 0 fully saturated rings. The van der Waals surface area contributed by atoms with Crippen LogP contribution in [-0.2, 0) is 16.1 Å². The van der Waals surface area contributed by atoms with Gasteiger partial charge in [0.1, 0.15) is 23.9 Å². The highest BCUT2D eigenvalue weighted by Crippen LogP contribution is 2.29. The number of hydrogen-bond acceptors (Lipinski definition) is 4. The standard InChI is InChI=1S/C14H10ClF3O2.C2H4O2/c1-19-13-4-2-3-10(16)8(13)7-20-14-6-12(18)11(17)5-9(14)15;1-4-2-3/h2-6H,7H2,1H3;2H,1H3. The monoisotopic (exact) mass is 362 g/mol. The molecule has 0 amide bonds. The Hall–Kier alpha value is -2.41. The van der Waals surface area contributed by atoms with Crippen molar-refractivity contribution in [2.24, 2.45) is 0 Å². The topological polar surface area (TPSA) is 44.8 Å². The van der Waals surface area contributed by atoms with Gasteiger partial charge in [-0.2, -0.15) is 0 Å². The zero-order chi connectivity index (χ0) is 18.1. The lowest BCUT2D eigenvalue weighted by molar-refractivity contribution is -0.126. The van der Waals surface area contributed by atoms with Crippen LogP contribution in [0.3, 0.4) is 0 Å². The summed E-state index contributed by atoms with van der Waals surface area (Å²) in [6.07, 6.45) is 0. The van der Waals surface area contributed by atoms with Crippen LogP contribution in [0.5, 0.6) is 11.5 Å². The molecule has 0 N–H and O–H groups in total. The molecule has 0 unspecified atom stereocenters. The van der Waals surface area contributed by atoms with Crippen molar-refractivity contribution in [2.45, 2.75) is 6.61 Å². The predicted octanol–water partition coefficient (Wildman–Crippen LogP) is 4.13. The largest absolute Gasteiger partial charge is 0.496 e. The van der Waals surface area contributed by atoms with E-state index in [1.165, 1.54) is 26.4 Å². The van der Waals surface area contributed by atoms with Crippen molar-refractivity contribution in [3.63, 3.8) is 0 Å². The van der Waals surface area contributed by atoms with Crippen LogP contribution in [0.2, 0.25) is 5.02 Å². The van der Waals surface area contributed by atoms with Crippen LogP contribution in [0.4, 0.5) is 13.2 Å². The maximum absolute atomic E-state index is 13.7. The molecule has 8 heteroatoms. The number of rotatable bonds is 5. The summed E-state index contributed by atoms with van der Waals surface area (Å²) in [5, 5.41) is -0.0980. The fraction of sp³-hybridized carbons (Fsp3) is 0.188. The highest BCUT2D eigenvalue weighted by atomic mass is 35.5. The van der Waals surface area contributed by atoms with Crippen LogP contribution in [0.15, 0.2) is 30.3 Å². The van der Waals surface area contributed by atoms with Gasteiger partial charge in [-0.1, -0.05) is 17.7 Å². The normalized spacial score (nSPS) is 9.58. The molecular formula is C16H14ClF3O4. The first-order chi connectivity index (χ1) is 11.4. The summed E-state index contributed by atoms with van der Waals surface area (Å²) < 4.78 is 53.7. The lowest BCUT2D eigenvalue weighted by Gasteiger charge is -2.12. The van der Waals surface area contributed by atoms with Gasteiger partial charge in [-0.3, -0.25) is 4.79 Å². The Morgan fingerprint density at radius 2 is 1.67 bits per heavy atom. The predicted molar refractivity (Wildman–Crippen MR) is 81.7 cm³/mol. The third-order valence-corrected chi connectivity index (χ3v) is 3.03. The zero-order valence-corrected chi connectivity index (χ0v) is 13.6. The van der Waals surface area contributed by atoms with E-state index >= 15 is 0 Å². The average molecular weight is 363 g/mol. The minimum absolute atomic E-state index is 0.0733. The molecule has 2 aromatic carbocycles. The number of ether oxygens (including phenoxy) is 3. The van der Waals surface area contributed by atoms with Crippen LogP contribution < -0.4 is 9.47 Å². The molecule has 0 aromatic heterocycles. The Morgan fingerprint density at radius 1 is 1.04 bits per heavy atom. The minimum Gasteiger partial charge on any atom is -0.496 e. The molecular weight excluding hydrogens is 349 g/mol. The van der Waals surface area contributed by atoms with Crippen molar-refractivity contribution in [2.75, 3.05) is 14.2 Å². The van der Waals surface area contributed by atoms with Gasteiger partial charge in [-0.05, 0) is 18.2 Å². The SMILES string of the molecule is COC=O.COc1cccc(F)c1COc1cc(F)c(F)cc1Cl. The lowest BCUT2D eigenvalue weighted by atomic mass is 10.2. The van der Waals surface area contributed by atoms with Gasteiger partial charge in [0.25, 0.3) is 6.47 Å². The summed E-state index contributed by atoms with van der Waals surface area (Å²) in [5.41, 5.74) is 0.163. The Morgan fingerprint density at radius 3 is 2.25 bits per heavy atom. The molecule has 2 aromatic rings. The second-order valence-electron chi connectivity index (χ2n) is 4.24. The Balaban J connectivity index is 0.000000648. The third kappa shape index (κ3) is 5.34. The first kappa shape index (κ1) is 19.6. The van der Waals surface area contributed by atoms with E-state index in [4.69, 9.17) is 25.9 Å². The fourth-order valence-electron chi connectivity index (χ4n) is 1.64. The molecule has 0 atom stereocenters. The summed E-state index contributed by atoms with van der Waals surface area (Å²) in [6, 6.07) is 5.90. The number of carbonyl (C=O) groups is 1. The lowest BCUT2D eigenvalue weighted by Crippen LogP contribution is -2.02. The van der Waals surface area contributed by atoms with Gasteiger partial charge in [0, 0.05) is 6.07 Å². The first-order valence-electron chi connectivity index (χ1n) is 6.49. The molecule has 0 aliphatic carbocycles. The molecule has 130 valence electrons. The van der Waals surface area contributed by atoms with Gasteiger partial charge in [0.15, 0.2) is 11.6 Å². The fourth-order valence-corrected chi connectivity index (χ4v) is 1.84. The van der Waals surface area contributed by atoms with Gasteiger partial charge in [0.2, 0.25) is 0 Å². The number of benzene rings is 2. The van der Waals surface area contributed by atoms with Crippen LogP contribution in [0.25, 0.3) is 0 Å². The Labute approximate surface area is 141 Å². The van der Waals surface area contributed by atoms with Gasteiger partial charge < -0.3 is 14.2 Å². The number of methoxy groups -OCH3 is 2. The smallest absolute Gasteiger partial charge is 0.292 e. The van der Waals surface area contributed by atoms with Crippen molar-refractivity contribution in [3.8, 4) is 11.5 Å². The maximum Gasteiger partial charge on any atom is 0.292 e. The van der Waals surface area contributed by atoms with Crippen molar-refractivity contribution in [3.05, 3.63) is 58.4 Å². The zero-order valence-electron chi connectivity index (χ0n) is 12.8. The van der Waals surface area contributed by atoms with Gasteiger partial charge in [0.05, 0.1) is 24.8 Å². The Kier molecular flexibility index (Phi) is 7.91. The van der Waals surface area contributed by atoms with Crippen molar-refractivity contribution in [1.82, 2.24) is 0 Å². The molecule has 0 heterocycles. The van der Waals surface area contributed by atoms with Crippen molar-refractivity contribution >= 4 is 18.1 Å². The van der Waals surface area contributed by atoms with Crippen molar-refractivity contribution in [1.29, 1.82) is 0 Å². The van der Waals surface area contributed by atoms with Crippen LogP contribution in [-0.4, -0.2) is 20.7 Å². The third-order valence-electron chi connectivity index (χ3n) is 2.74.